The van der Waals surface area contributed by atoms with Crippen LogP contribution in [0.4, 0.5) is 0 Å². The molecule has 0 fully saturated rings. The van der Waals surface area contributed by atoms with Crippen LogP contribution in [0.15, 0.2) is 121 Å². The van der Waals surface area contributed by atoms with Gasteiger partial charge in [0.2, 0.25) is 0 Å². The largest absolute Gasteiger partial charge is 0.309 e. The van der Waals surface area contributed by atoms with Crippen molar-refractivity contribution in [3.63, 3.8) is 0 Å². The van der Waals surface area contributed by atoms with Crippen LogP contribution in [-0.4, -0.2) is 9.13 Å². The molecular formula is C41H26N4. The summed E-state index contributed by atoms with van der Waals surface area (Å²) >= 11 is 0. The van der Waals surface area contributed by atoms with Crippen molar-refractivity contribution in [2.24, 2.45) is 0 Å². The summed E-state index contributed by atoms with van der Waals surface area (Å²) < 4.78 is 4.53. The van der Waals surface area contributed by atoms with Gasteiger partial charge in [0.15, 0.2) is 0 Å². The van der Waals surface area contributed by atoms with E-state index in [1.165, 1.54) is 33.0 Å². The fourth-order valence-corrected chi connectivity index (χ4v) is 7.68. The molecule has 0 spiro atoms. The SMILES string of the molecule is CC1(C)c2ccccc2-c2cc3c4ccccc4n(-c4cc(C#N)cc(-n5c6ccccc6c6cc(C#N)ccc65)c4)c3cc21. The van der Waals surface area contributed by atoms with E-state index >= 15 is 0 Å². The second-order valence-electron chi connectivity index (χ2n) is 12.5. The van der Waals surface area contributed by atoms with Gasteiger partial charge in [-0.05, 0) is 82.9 Å². The van der Waals surface area contributed by atoms with Gasteiger partial charge in [0.25, 0.3) is 0 Å². The predicted octanol–water partition coefficient (Wildman–Crippen LogP) is 9.93. The number of hydrogen-bond acceptors (Lipinski definition) is 2. The Bertz CT molecular complexity index is 2650. The molecule has 0 amide bonds. The summed E-state index contributed by atoms with van der Waals surface area (Å²) in [4.78, 5) is 0. The third-order valence-electron chi connectivity index (χ3n) is 9.73. The second-order valence-corrected chi connectivity index (χ2v) is 12.5. The zero-order chi connectivity index (χ0) is 30.4. The van der Waals surface area contributed by atoms with Gasteiger partial charge in [-0.3, -0.25) is 0 Å². The Morgan fingerprint density at radius 2 is 1.04 bits per heavy atom. The predicted molar refractivity (Wildman–Crippen MR) is 182 cm³/mol. The van der Waals surface area contributed by atoms with Crippen LogP contribution in [0.25, 0.3) is 66.1 Å². The molecule has 0 unspecified atom stereocenters. The Morgan fingerprint density at radius 1 is 0.467 bits per heavy atom. The Morgan fingerprint density at radius 3 is 1.73 bits per heavy atom. The molecule has 0 N–H and O–H groups in total. The second kappa shape index (κ2) is 8.96. The monoisotopic (exact) mass is 574 g/mol. The summed E-state index contributed by atoms with van der Waals surface area (Å²) in [5, 5.41) is 24.4. The standard InChI is InChI=1S/C41H26N4/c1-41(2)35-12-6-3-9-29(35)32-21-34-31-11-5-8-14-38(31)45(40(34)22-36(32)41)28-18-26(24-43)17-27(20-28)44-37-13-7-4-10-30(37)33-19-25(23-42)15-16-39(33)44/h3-22H,1-2H3. The van der Waals surface area contributed by atoms with Crippen LogP contribution in [0, 0.1) is 22.7 Å². The van der Waals surface area contributed by atoms with Crippen LogP contribution in [-0.2, 0) is 5.41 Å². The molecule has 2 aromatic heterocycles. The summed E-state index contributed by atoms with van der Waals surface area (Å²) in [7, 11) is 0. The van der Waals surface area contributed by atoms with Gasteiger partial charge in [-0.1, -0.05) is 74.5 Å². The van der Waals surface area contributed by atoms with Crippen LogP contribution >= 0.6 is 0 Å². The van der Waals surface area contributed by atoms with E-state index in [4.69, 9.17) is 0 Å². The maximum Gasteiger partial charge on any atom is 0.0993 e. The lowest BCUT2D eigenvalue weighted by atomic mass is 9.82. The summed E-state index contributed by atoms with van der Waals surface area (Å²) in [5.41, 5.74) is 12.4. The molecule has 8 aromatic rings. The lowest BCUT2D eigenvalue weighted by molar-refractivity contribution is 0.661. The number of benzene rings is 6. The molecule has 0 bridgehead atoms. The molecule has 0 aliphatic heterocycles. The molecule has 2 heterocycles. The van der Waals surface area contributed by atoms with Crippen molar-refractivity contribution in [2.45, 2.75) is 19.3 Å². The minimum absolute atomic E-state index is 0.133. The minimum atomic E-state index is -0.133. The lowest BCUT2D eigenvalue weighted by Crippen LogP contribution is -2.15. The summed E-state index contributed by atoms with van der Waals surface area (Å²) in [6.07, 6.45) is 0. The number of hydrogen-bond donors (Lipinski definition) is 0. The van der Waals surface area contributed by atoms with Crippen molar-refractivity contribution in [1.29, 1.82) is 10.5 Å². The Hall–Kier alpha value is -6.10. The van der Waals surface area contributed by atoms with E-state index in [9.17, 15) is 10.5 Å². The number of rotatable bonds is 2. The summed E-state index contributed by atoms with van der Waals surface area (Å²) in [5.74, 6) is 0. The van der Waals surface area contributed by atoms with Gasteiger partial charge in [-0.2, -0.15) is 10.5 Å². The molecule has 1 aliphatic rings. The van der Waals surface area contributed by atoms with E-state index in [0.29, 0.717) is 11.1 Å². The summed E-state index contributed by atoms with van der Waals surface area (Å²) in [6, 6.07) is 47.0. The van der Waals surface area contributed by atoms with E-state index < -0.39 is 0 Å². The fourth-order valence-electron chi connectivity index (χ4n) is 7.68. The fraction of sp³-hybridized carbons (Fsp3) is 0.0732. The van der Waals surface area contributed by atoms with Gasteiger partial charge in [-0.25, -0.2) is 0 Å². The number of nitrogens with zero attached hydrogens (tertiary/aromatic N) is 4. The minimum Gasteiger partial charge on any atom is -0.309 e. The zero-order valence-corrected chi connectivity index (χ0v) is 24.8. The first-order valence-corrected chi connectivity index (χ1v) is 15.1. The lowest BCUT2D eigenvalue weighted by Gasteiger charge is -2.21. The molecule has 4 heteroatoms. The van der Waals surface area contributed by atoms with Gasteiger partial charge in [0.05, 0.1) is 45.3 Å². The first-order valence-electron chi connectivity index (χ1n) is 15.1. The van der Waals surface area contributed by atoms with Crippen molar-refractivity contribution >= 4 is 43.6 Å². The van der Waals surface area contributed by atoms with Gasteiger partial charge in [-0.15, -0.1) is 0 Å². The van der Waals surface area contributed by atoms with Gasteiger partial charge in [0.1, 0.15) is 0 Å². The number of aromatic nitrogens is 2. The quantitative estimate of drug-likeness (QED) is 0.206. The van der Waals surface area contributed by atoms with Crippen molar-refractivity contribution < 1.29 is 0 Å². The van der Waals surface area contributed by atoms with Gasteiger partial charge < -0.3 is 9.13 Å². The number of para-hydroxylation sites is 2. The number of nitriles is 2. The van der Waals surface area contributed by atoms with E-state index in [0.717, 1.165) is 44.2 Å². The molecule has 4 nitrogen and oxygen atoms in total. The molecule has 9 rings (SSSR count). The van der Waals surface area contributed by atoms with Crippen LogP contribution in [0.1, 0.15) is 36.1 Å². The highest BCUT2D eigenvalue weighted by molar-refractivity contribution is 6.12. The number of fused-ring (bicyclic) bond motifs is 9. The molecule has 1 aliphatic carbocycles. The van der Waals surface area contributed by atoms with Crippen LogP contribution in [0.2, 0.25) is 0 Å². The molecule has 45 heavy (non-hydrogen) atoms. The molecule has 0 saturated heterocycles. The maximum absolute atomic E-state index is 10.3. The Kier molecular flexibility index (Phi) is 5.06. The molecule has 0 atom stereocenters. The van der Waals surface area contributed by atoms with Gasteiger partial charge in [0, 0.05) is 38.3 Å². The van der Waals surface area contributed by atoms with Crippen LogP contribution in [0.3, 0.4) is 0 Å². The molecule has 6 aromatic carbocycles. The van der Waals surface area contributed by atoms with E-state index in [1.54, 1.807) is 0 Å². The third-order valence-corrected chi connectivity index (χ3v) is 9.73. The van der Waals surface area contributed by atoms with Crippen molar-refractivity contribution in [3.8, 4) is 34.6 Å². The topological polar surface area (TPSA) is 57.4 Å². The van der Waals surface area contributed by atoms with Crippen molar-refractivity contribution in [2.75, 3.05) is 0 Å². The normalized spacial score (nSPS) is 13.2. The highest BCUT2D eigenvalue weighted by atomic mass is 15.0. The zero-order valence-electron chi connectivity index (χ0n) is 24.8. The van der Waals surface area contributed by atoms with Crippen molar-refractivity contribution in [3.05, 3.63) is 144 Å². The summed E-state index contributed by atoms with van der Waals surface area (Å²) in [6.45, 7) is 4.62. The molecule has 0 saturated carbocycles. The molecule has 0 radical (unpaired) electrons. The van der Waals surface area contributed by atoms with Crippen LogP contribution < -0.4 is 0 Å². The highest BCUT2D eigenvalue weighted by Gasteiger charge is 2.36. The smallest absolute Gasteiger partial charge is 0.0993 e. The first-order chi connectivity index (χ1) is 22.0. The third kappa shape index (κ3) is 3.40. The van der Waals surface area contributed by atoms with E-state index in [-0.39, 0.29) is 5.41 Å². The van der Waals surface area contributed by atoms with Crippen molar-refractivity contribution in [1.82, 2.24) is 9.13 Å². The maximum atomic E-state index is 10.3. The van der Waals surface area contributed by atoms with E-state index in [1.807, 2.05) is 42.5 Å². The average molecular weight is 575 g/mol. The Balaban J connectivity index is 1.37. The average Bonchev–Trinajstić information content (AvgIpc) is 3.66. The van der Waals surface area contributed by atoms with E-state index in [2.05, 4.69) is 114 Å². The molecule has 210 valence electrons. The first kappa shape index (κ1) is 25.4. The van der Waals surface area contributed by atoms with Crippen LogP contribution in [0.5, 0.6) is 0 Å². The van der Waals surface area contributed by atoms with Gasteiger partial charge >= 0.3 is 0 Å². The Labute approximate surface area is 260 Å². The highest BCUT2D eigenvalue weighted by Crippen LogP contribution is 2.51. The molecular weight excluding hydrogens is 548 g/mol.